The van der Waals surface area contributed by atoms with Crippen LogP contribution in [0.5, 0.6) is 0 Å². The van der Waals surface area contributed by atoms with Crippen LogP contribution >= 0.6 is 0 Å². The van der Waals surface area contributed by atoms with Gasteiger partial charge in [-0.25, -0.2) is 0 Å². The monoisotopic (exact) mass is 157 g/mol. The fourth-order valence-corrected chi connectivity index (χ4v) is 0.513. The third-order valence-electron chi connectivity index (χ3n) is 1.77. The highest BCUT2D eigenvalue weighted by Gasteiger charge is 2.04. The summed E-state index contributed by atoms with van der Waals surface area (Å²) in [6.45, 7) is 8.09. The topological polar surface area (TPSA) is 32.6 Å². The van der Waals surface area contributed by atoms with Crippen LogP contribution in [0.15, 0.2) is 4.99 Å². The average molecular weight is 157 g/mol. The van der Waals surface area contributed by atoms with Crippen molar-refractivity contribution in [3.8, 4) is 0 Å². The molecule has 0 aromatic carbocycles. The summed E-state index contributed by atoms with van der Waals surface area (Å²) in [4.78, 5) is 4.19. The van der Waals surface area contributed by atoms with Crippen molar-refractivity contribution in [2.24, 2.45) is 10.9 Å². The summed E-state index contributed by atoms with van der Waals surface area (Å²) in [5, 5.41) is 9.32. The van der Waals surface area contributed by atoms with Gasteiger partial charge >= 0.3 is 0 Å². The molecule has 66 valence electrons. The van der Waals surface area contributed by atoms with E-state index in [1.165, 1.54) is 0 Å². The van der Waals surface area contributed by atoms with Crippen LogP contribution in [-0.2, 0) is 0 Å². The van der Waals surface area contributed by atoms with Crippen molar-refractivity contribution in [3.05, 3.63) is 0 Å². The molecule has 0 saturated heterocycles. The van der Waals surface area contributed by atoms with Crippen molar-refractivity contribution in [2.45, 2.75) is 46.3 Å². The Hall–Kier alpha value is -0.370. The predicted octanol–water partition coefficient (Wildman–Crippen LogP) is 1.87. The van der Waals surface area contributed by atoms with Crippen molar-refractivity contribution >= 4 is 6.21 Å². The minimum atomic E-state index is -0.385. The third-order valence-corrected chi connectivity index (χ3v) is 1.77. The summed E-state index contributed by atoms with van der Waals surface area (Å²) in [5.74, 6) is 0.266. The Balaban J connectivity index is 3.72. The zero-order valence-corrected chi connectivity index (χ0v) is 7.91. The first-order valence-electron chi connectivity index (χ1n) is 4.29. The van der Waals surface area contributed by atoms with E-state index in [-0.39, 0.29) is 12.0 Å². The first kappa shape index (κ1) is 10.6. The number of hydrogen-bond acceptors (Lipinski definition) is 2. The molecule has 0 aliphatic heterocycles. The number of aliphatic hydroxyl groups is 1. The van der Waals surface area contributed by atoms with Crippen LogP contribution in [0.25, 0.3) is 0 Å². The molecule has 0 rings (SSSR count). The molecule has 0 spiro atoms. The first-order chi connectivity index (χ1) is 5.07. The van der Waals surface area contributed by atoms with Gasteiger partial charge < -0.3 is 5.11 Å². The maximum atomic E-state index is 9.32. The number of nitrogens with zero attached hydrogens (tertiary/aromatic N) is 1. The largest absolute Gasteiger partial charge is 0.387 e. The second-order valence-corrected chi connectivity index (χ2v) is 3.29. The summed E-state index contributed by atoms with van der Waals surface area (Å²) in [6, 6.07) is 0.336. The van der Waals surface area contributed by atoms with E-state index in [0.717, 1.165) is 6.42 Å². The minimum Gasteiger partial charge on any atom is -0.387 e. The Morgan fingerprint density at radius 1 is 1.36 bits per heavy atom. The highest BCUT2D eigenvalue weighted by atomic mass is 16.3. The molecule has 2 unspecified atom stereocenters. The van der Waals surface area contributed by atoms with Gasteiger partial charge in [0.2, 0.25) is 0 Å². The zero-order valence-electron chi connectivity index (χ0n) is 7.91. The molecule has 0 radical (unpaired) electrons. The molecule has 1 N–H and O–H groups in total. The van der Waals surface area contributed by atoms with Gasteiger partial charge in [0.25, 0.3) is 0 Å². The van der Waals surface area contributed by atoms with Crippen molar-refractivity contribution in [1.29, 1.82) is 0 Å². The predicted molar refractivity (Wildman–Crippen MR) is 49.1 cm³/mol. The lowest BCUT2D eigenvalue weighted by Crippen LogP contribution is -2.17. The first-order valence-corrected chi connectivity index (χ1v) is 4.29. The SMILES string of the molecule is CCC(C)N=CC(O)C(C)C. The van der Waals surface area contributed by atoms with E-state index in [1.54, 1.807) is 6.21 Å². The summed E-state index contributed by atoms with van der Waals surface area (Å²) in [5.41, 5.74) is 0. The van der Waals surface area contributed by atoms with Gasteiger partial charge in [-0.15, -0.1) is 0 Å². The van der Waals surface area contributed by atoms with Crippen LogP contribution in [0.3, 0.4) is 0 Å². The second-order valence-electron chi connectivity index (χ2n) is 3.29. The molecule has 0 aromatic heterocycles. The molecule has 0 aliphatic carbocycles. The van der Waals surface area contributed by atoms with Crippen molar-refractivity contribution < 1.29 is 5.11 Å². The van der Waals surface area contributed by atoms with Crippen molar-refractivity contribution in [3.63, 3.8) is 0 Å². The lowest BCUT2D eigenvalue weighted by atomic mass is 10.1. The van der Waals surface area contributed by atoms with Crippen LogP contribution in [0.4, 0.5) is 0 Å². The number of aliphatic imine (C=N–C) groups is 1. The maximum absolute atomic E-state index is 9.32. The Labute approximate surface area is 69.3 Å². The molecule has 0 heterocycles. The van der Waals surface area contributed by atoms with Gasteiger partial charge in [-0.1, -0.05) is 20.8 Å². The molecule has 2 atom stereocenters. The normalized spacial score (nSPS) is 17.6. The highest BCUT2D eigenvalue weighted by Crippen LogP contribution is 2.00. The highest BCUT2D eigenvalue weighted by molar-refractivity contribution is 5.63. The van der Waals surface area contributed by atoms with E-state index < -0.39 is 0 Å². The average Bonchev–Trinajstić information content (AvgIpc) is 1.99. The molecule has 0 fully saturated rings. The number of aliphatic hydroxyl groups excluding tert-OH is 1. The Morgan fingerprint density at radius 2 is 1.91 bits per heavy atom. The maximum Gasteiger partial charge on any atom is 0.0909 e. The van der Waals surface area contributed by atoms with Crippen molar-refractivity contribution in [2.75, 3.05) is 0 Å². The van der Waals surface area contributed by atoms with E-state index in [9.17, 15) is 5.11 Å². The lowest BCUT2D eigenvalue weighted by Gasteiger charge is -2.09. The molecule has 0 aliphatic rings. The molecule has 2 nitrogen and oxygen atoms in total. The number of hydrogen-bond donors (Lipinski definition) is 1. The molecular weight excluding hydrogens is 138 g/mol. The van der Waals surface area contributed by atoms with Crippen LogP contribution in [0, 0.1) is 5.92 Å². The van der Waals surface area contributed by atoms with E-state index in [2.05, 4.69) is 11.9 Å². The molecule has 0 saturated carbocycles. The van der Waals surface area contributed by atoms with E-state index in [1.807, 2.05) is 20.8 Å². The van der Waals surface area contributed by atoms with Gasteiger partial charge in [-0.05, 0) is 19.3 Å². The van der Waals surface area contributed by atoms with Gasteiger partial charge in [0.05, 0.1) is 6.10 Å². The summed E-state index contributed by atoms with van der Waals surface area (Å²) >= 11 is 0. The summed E-state index contributed by atoms with van der Waals surface area (Å²) < 4.78 is 0. The van der Waals surface area contributed by atoms with Gasteiger partial charge in [0, 0.05) is 12.3 Å². The lowest BCUT2D eigenvalue weighted by molar-refractivity contribution is 0.194. The summed E-state index contributed by atoms with van der Waals surface area (Å²) in [6.07, 6.45) is 2.30. The van der Waals surface area contributed by atoms with E-state index >= 15 is 0 Å². The minimum absolute atomic E-state index is 0.266. The Kier molecular flexibility index (Phi) is 5.12. The molecule has 0 aromatic rings. The van der Waals surface area contributed by atoms with Crippen LogP contribution in [-0.4, -0.2) is 23.5 Å². The van der Waals surface area contributed by atoms with Gasteiger partial charge in [0.15, 0.2) is 0 Å². The van der Waals surface area contributed by atoms with Crippen molar-refractivity contribution in [1.82, 2.24) is 0 Å². The standard InChI is InChI=1S/C9H19NO/c1-5-8(4)10-6-9(11)7(2)3/h6-9,11H,5H2,1-4H3. The van der Waals surface area contributed by atoms with Gasteiger partial charge in [0.1, 0.15) is 0 Å². The molecule has 0 bridgehead atoms. The van der Waals surface area contributed by atoms with Crippen LogP contribution in [0.2, 0.25) is 0 Å². The fourth-order valence-electron chi connectivity index (χ4n) is 0.513. The quantitative estimate of drug-likeness (QED) is 0.621. The smallest absolute Gasteiger partial charge is 0.0909 e. The third kappa shape index (κ3) is 4.96. The van der Waals surface area contributed by atoms with E-state index in [0.29, 0.717) is 6.04 Å². The molecular formula is C9H19NO. The Morgan fingerprint density at radius 3 is 2.27 bits per heavy atom. The van der Waals surface area contributed by atoms with Gasteiger partial charge in [-0.3, -0.25) is 4.99 Å². The van der Waals surface area contributed by atoms with Crippen LogP contribution in [0.1, 0.15) is 34.1 Å². The molecule has 0 amide bonds. The summed E-state index contributed by atoms with van der Waals surface area (Å²) in [7, 11) is 0. The fraction of sp³-hybridized carbons (Fsp3) is 0.889. The van der Waals surface area contributed by atoms with Crippen LogP contribution < -0.4 is 0 Å². The Bertz CT molecular complexity index is 121. The zero-order chi connectivity index (χ0) is 8.85. The van der Waals surface area contributed by atoms with Gasteiger partial charge in [-0.2, -0.15) is 0 Å². The number of rotatable bonds is 4. The second kappa shape index (κ2) is 5.30. The van der Waals surface area contributed by atoms with E-state index in [4.69, 9.17) is 0 Å². The molecule has 11 heavy (non-hydrogen) atoms. The molecule has 2 heteroatoms.